The number of Topliss-reactive ketones (excluding diaryl/α,β-unsaturated/α-hetero) is 1. The number of benzene rings is 1. The molecule has 1 amide bonds. The molecule has 9 heteroatoms. The first-order chi connectivity index (χ1) is 17.4. The lowest BCUT2D eigenvalue weighted by atomic mass is 9.72. The average Bonchev–Trinajstić information content (AvgIpc) is 3.09. The van der Waals surface area contributed by atoms with Gasteiger partial charge in [-0.15, -0.1) is 0 Å². The molecule has 1 fully saturated rings. The lowest BCUT2D eigenvalue weighted by molar-refractivity contribution is -0.147. The van der Waals surface area contributed by atoms with Crippen molar-refractivity contribution in [2.75, 3.05) is 0 Å². The Morgan fingerprint density at radius 3 is 2.51 bits per heavy atom. The van der Waals surface area contributed by atoms with Crippen LogP contribution in [0.3, 0.4) is 0 Å². The van der Waals surface area contributed by atoms with Crippen molar-refractivity contribution in [2.45, 2.75) is 64.8 Å². The minimum absolute atomic E-state index is 0.00512. The van der Waals surface area contributed by atoms with E-state index < -0.39 is 47.2 Å². The van der Waals surface area contributed by atoms with Crippen molar-refractivity contribution in [1.82, 2.24) is 5.32 Å². The smallest absolute Gasteiger partial charge is 0.333 e. The van der Waals surface area contributed by atoms with E-state index in [2.05, 4.69) is 5.32 Å². The molecule has 5 atom stereocenters. The van der Waals surface area contributed by atoms with Gasteiger partial charge in [0.05, 0.1) is 17.2 Å². The maximum Gasteiger partial charge on any atom is 0.333 e. The summed E-state index contributed by atoms with van der Waals surface area (Å²) in [5.74, 6) is -4.33. The minimum atomic E-state index is -2.08. The van der Waals surface area contributed by atoms with E-state index in [1.165, 1.54) is 32.1 Å². The molecule has 0 aromatic heterocycles. The lowest BCUT2D eigenvalue weighted by Gasteiger charge is -2.34. The van der Waals surface area contributed by atoms with Gasteiger partial charge >= 0.3 is 5.97 Å². The molecule has 1 aliphatic carbocycles. The Hall–Kier alpha value is -3.56. The van der Waals surface area contributed by atoms with Crippen molar-refractivity contribution in [2.24, 2.45) is 11.8 Å². The third-order valence-corrected chi connectivity index (χ3v) is 7.46. The number of rotatable bonds is 1. The highest BCUT2D eigenvalue weighted by atomic mass is 16.6. The van der Waals surface area contributed by atoms with Crippen LogP contribution in [0.4, 0.5) is 0 Å². The second kappa shape index (κ2) is 9.72. The highest BCUT2D eigenvalue weighted by Crippen LogP contribution is 2.49. The van der Waals surface area contributed by atoms with Gasteiger partial charge in [0.2, 0.25) is 5.91 Å². The molecule has 196 valence electrons. The SMILES string of the molecule is CC[C@H]1C=C[C@@H](O)[C@@H](C)OC(=O)C(C)=C[C@@H]2C(=O)NC3=CC(=O)c4c(cc(C)c(O)c4C(=O)CC1)[C@]32O. The number of aliphatic hydroxyl groups excluding tert-OH is 1. The molecule has 37 heavy (non-hydrogen) atoms. The minimum Gasteiger partial charge on any atom is -0.507 e. The summed E-state index contributed by atoms with van der Waals surface area (Å²) in [4.78, 5) is 52.4. The Morgan fingerprint density at radius 1 is 1.14 bits per heavy atom. The van der Waals surface area contributed by atoms with E-state index in [0.717, 1.165) is 6.08 Å². The zero-order valence-corrected chi connectivity index (χ0v) is 21.2. The molecular weight excluding hydrogens is 478 g/mol. The van der Waals surface area contributed by atoms with Crippen LogP contribution in [0.5, 0.6) is 5.75 Å². The Balaban J connectivity index is 1.95. The summed E-state index contributed by atoms with van der Waals surface area (Å²) < 4.78 is 5.39. The van der Waals surface area contributed by atoms with Crippen LogP contribution in [0.25, 0.3) is 0 Å². The van der Waals surface area contributed by atoms with Crippen LogP contribution in [0.1, 0.15) is 71.9 Å². The Bertz CT molecular complexity index is 1290. The number of aliphatic hydroxyl groups is 2. The van der Waals surface area contributed by atoms with Gasteiger partial charge in [-0.05, 0) is 51.2 Å². The summed E-state index contributed by atoms with van der Waals surface area (Å²) in [5, 5.41) is 35.8. The summed E-state index contributed by atoms with van der Waals surface area (Å²) in [6, 6.07) is 1.39. The molecule has 0 spiro atoms. The largest absolute Gasteiger partial charge is 0.507 e. The number of hydrogen-bond donors (Lipinski definition) is 4. The van der Waals surface area contributed by atoms with Crippen LogP contribution in [0.15, 0.2) is 41.6 Å². The predicted octanol–water partition coefficient (Wildman–Crippen LogP) is 2.51. The summed E-state index contributed by atoms with van der Waals surface area (Å²) in [5.41, 5.74) is -2.23. The van der Waals surface area contributed by atoms with E-state index in [0.29, 0.717) is 12.8 Å². The number of phenolic OH excluding ortho intramolecular Hbond substituents is 1. The van der Waals surface area contributed by atoms with Crippen molar-refractivity contribution < 1.29 is 39.2 Å². The van der Waals surface area contributed by atoms with Crippen LogP contribution in [0, 0.1) is 18.8 Å². The topological polar surface area (TPSA) is 150 Å². The maximum atomic E-state index is 13.4. The number of amides is 1. The molecule has 4 bridgehead atoms. The van der Waals surface area contributed by atoms with Gasteiger partial charge < -0.3 is 25.4 Å². The number of ketones is 2. The van der Waals surface area contributed by atoms with E-state index in [1.54, 1.807) is 13.0 Å². The first kappa shape index (κ1) is 26.5. The number of hydrogen-bond acceptors (Lipinski definition) is 8. The van der Waals surface area contributed by atoms with E-state index in [4.69, 9.17) is 4.74 Å². The lowest BCUT2D eigenvalue weighted by Crippen LogP contribution is -2.39. The van der Waals surface area contributed by atoms with Crippen LogP contribution in [0.2, 0.25) is 0 Å². The van der Waals surface area contributed by atoms with Gasteiger partial charge in [-0.25, -0.2) is 4.79 Å². The molecule has 0 radical (unpaired) electrons. The van der Waals surface area contributed by atoms with Crippen LogP contribution >= 0.6 is 0 Å². The van der Waals surface area contributed by atoms with Crippen molar-refractivity contribution in [3.05, 3.63) is 63.9 Å². The fourth-order valence-corrected chi connectivity index (χ4v) is 5.11. The van der Waals surface area contributed by atoms with E-state index >= 15 is 0 Å². The molecule has 9 nitrogen and oxygen atoms in total. The van der Waals surface area contributed by atoms with Gasteiger partial charge in [0.1, 0.15) is 23.6 Å². The molecule has 0 unspecified atom stereocenters. The normalized spacial score (nSPS) is 30.3. The Kier molecular flexibility index (Phi) is 6.96. The average molecular weight is 510 g/mol. The monoisotopic (exact) mass is 509 g/mol. The molecule has 4 rings (SSSR count). The number of carbonyl (C=O) groups is 4. The summed E-state index contributed by atoms with van der Waals surface area (Å²) in [6.45, 7) is 6.42. The van der Waals surface area contributed by atoms with Crippen molar-refractivity contribution in [3.63, 3.8) is 0 Å². The molecule has 2 aliphatic heterocycles. The van der Waals surface area contributed by atoms with Crippen molar-refractivity contribution >= 4 is 23.4 Å². The first-order valence-corrected chi connectivity index (χ1v) is 12.4. The van der Waals surface area contributed by atoms with Crippen LogP contribution in [-0.2, 0) is 19.9 Å². The molecule has 1 aromatic carbocycles. The van der Waals surface area contributed by atoms with Gasteiger partial charge in [-0.1, -0.05) is 25.2 Å². The third kappa shape index (κ3) is 4.42. The summed E-state index contributed by atoms with van der Waals surface area (Å²) >= 11 is 0. The van der Waals surface area contributed by atoms with E-state index in [-0.39, 0.29) is 51.6 Å². The Labute approximate surface area is 214 Å². The van der Waals surface area contributed by atoms with Crippen molar-refractivity contribution in [3.8, 4) is 5.75 Å². The molecular formula is C28H31NO8. The maximum absolute atomic E-state index is 13.4. The zero-order valence-electron chi connectivity index (χ0n) is 21.2. The molecule has 0 saturated carbocycles. The van der Waals surface area contributed by atoms with E-state index in [1.807, 2.05) is 6.92 Å². The number of carbonyl (C=O) groups excluding carboxylic acids is 4. The molecule has 3 aliphatic rings. The quantitative estimate of drug-likeness (QED) is 0.333. The number of aromatic hydroxyl groups is 1. The summed E-state index contributed by atoms with van der Waals surface area (Å²) in [7, 11) is 0. The van der Waals surface area contributed by atoms with Gasteiger partial charge in [-0.3, -0.25) is 14.4 Å². The van der Waals surface area contributed by atoms with Gasteiger partial charge in [0.15, 0.2) is 11.6 Å². The summed E-state index contributed by atoms with van der Waals surface area (Å²) in [6.07, 6.45) is 4.60. The second-order valence-corrected chi connectivity index (χ2v) is 9.96. The number of allylic oxidation sites excluding steroid dienone is 2. The molecule has 1 aromatic rings. The number of cyclic esters (lactones) is 1. The Morgan fingerprint density at radius 2 is 1.84 bits per heavy atom. The number of ether oxygens (including phenoxy) is 1. The molecule has 2 heterocycles. The van der Waals surface area contributed by atoms with Crippen LogP contribution < -0.4 is 5.32 Å². The second-order valence-electron chi connectivity index (χ2n) is 9.96. The standard InChI is InChI=1S/C28H31NO8/c1-5-16-6-8-19(30)15(4)37-27(35)14(3)11-18-26(34)29-22-12-21(32)23-17(28(18,22)36)10-13(2)25(33)24(23)20(31)9-7-16/h6,8,10-12,15-16,18-19,30,33,36H,5,7,9H2,1-4H3,(H,29,34)/t15-,16+,18-,19-,28-/m1/s1. The third-order valence-electron chi connectivity index (χ3n) is 7.46. The van der Waals surface area contributed by atoms with Crippen LogP contribution in [-0.4, -0.2) is 51.0 Å². The van der Waals surface area contributed by atoms with E-state index in [9.17, 15) is 34.5 Å². The van der Waals surface area contributed by atoms with Gasteiger partial charge in [0.25, 0.3) is 0 Å². The van der Waals surface area contributed by atoms with Gasteiger partial charge in [0, 0.05) is 29.2 Å². The molecule has 1 saturated heterocycles. The van der Waals surface area contributed by atoms with Crippen molar-refractivity contribution in [1.29, 1.82) is 0 Å². The highest BCUT2D eigenvalue weighted by molar-refractivity contribution is 6.17. The molecule has 4 N–H and O–H groups in total. The fraction of sp³-hybridized carbons (Fsp3) is 0.429. The highest BCUT2D eigenvalue weighted by Gasteiger charge is 2.55. The number of aryl methyl sites for hydroxylation is 1. The first-order valence-electron chi connectivity index (χ1n) is 12.4. The number of phenols is 1. The fourth-order valence-electron chi connectivity index (χ4n) is 5.11. The predicted molar refractivity (Wildman–Crippen MR) is 133 cm³/mol. The number of esters is 1. The van der Waals surface area contributed by atoms with Gasteiger partial charge in [-0.2, -0.15) is 0 Å². The number of nitrogens with one attached hydrogen (secondary N) is 1. The zero-order chi connectivity index (χ0) is 27.2.